The first-order chi connectivity index (χ1) is 14.0. The van der Waals surface area contributed by atoms with E-state index in [9.17, 15) is 10.1 Å². The van der Waals surface area contributed by atoms with Crippen LogP contribution < -0.4 is 21.3 Å². The summed E-state index contributed by atoms with van der Waals surface area (Å²) in [6.07, 6.45) is 3.89. The third-order valence-corrected chi connectivity index (χ3v) is 4.90. The molecule has 0 saturated carbocycles. The van der Waals surface area contributed by atoms with Crippen LogP contribution in [0.25, 0.3) is 0 Å². The van der Waals surface area contributed by atoms with Crippen molar-refractivity contribution in [3.63, 3.8) is 0 Å². The Morgan fingerprint density at radius 3 is 2.93 bits per heavy atom. The Morgan fingerprint density at radius 1 is 1.38 bits per heavy atom. The van der Waals surface area contributed by atoms with Crippen molar-refractivity contribution in [3.8, 4) is 6.07 Å². The zero-order chi connectivity index (χ0) is 20.8. The number of unbranched alkanes of at least 4 members (excludes halogenated alkanes) is 1. The number of anilines is 4. The summed E-state index contributed by atoms with van der Waals surface area (Å²) in [5.41, 5.74) is 8.35. The van der Waals surface area contributed by atoms with Gasteiger partial charge < -0.3 is 21.3 Å². The molecule has 3 rings (SSSR count). The van der Waals surface area contributed by atoms with Crippen LogP contribution in [-0.2, 0) is 11.2 Å². The number of carbonyl (C=O) groups excluding carboxylic acids is 1. The third-order valence-electron chi connectivity index (χ3n) is 4.90. The van der Waals surface area contributed by atoms with E-state index in [4.69, 9.17) is 5.73 Å². The van der Waals surface area contributed by atoms with E-state index in [0.29, 0.717) is 22.9 Å². The number of carbonyl (C=O) groups is 1. The maximum atomic E-state index is 11.4. The molecule has 0 aliphatic carbocycles. The second kappa shape index (κ2) is 9.24. The average molecular weight is 393 g/mol. The van der Waals surface area contributed by atoms with Crippen LogP contribution in [0.2, 0.25) is 0 Å². The minimum absolute atomic E-state index is 0.0119. The lowest BCUT2D eigenvalue weighted by Crippen LogP contribution is -2.35. The number of nitrogens with zero attached hydrogens (tertiary/aromatic N) is 4. The van der Waals surface area contributed by atoms with Gasteiger partial charge in [0.25, 0.3) is 0 Å². The molecule has 1 aliphatic rings. The van der Waals surface area contributed by atoms with Crippen LogP contribution in [0, 0.1) is 11.3 Å². The van der Waals surface area contributed by atoms with Crippen LogP contribution in [0.4, 0.5) is 23.1 Å². The molecule has 8 nitrogen and oxygen atoms in total. The molecule has 4 N–H and O–H groups in total. The van der Waals surface area contributed by atoms with Gasteiger partial charge in [-0.15, -0.1) is 0 Å². The molecular formula is C21H27N7O. The molecule has 2 heterocycles. The Labute approximate surface area is 171 Å². The number of nitrogens with two attached hydrogens (primary N) is 1. The van der Waals surface area contributed by atoms with Gasteiger partial charge in [-0.05, 0) is 37.5 Å². The van der Waals surface area contributed by atoms with Crippen molar-refractivity contribution in [3.05, 3.63) is 35.5 Å². The molecule has 1 aromatic heterocycles. The Kier molecular flexibility index (Phi) is 6.50. The summed E-state index contributed by atoms with van der Waals surface area (Å²) in [7, 11) is 0. The summed E-state index contributed by atoms with van der Waals surface area (Å²) in [5, 5.41) is 15.4. The van der Waals surface area contributed by atoms with Gasteiger partial charge in [0, 0.05) is 49.2 Å². The molecule has 1 amide bonds. The number of hydrogen-bond acceptors (Lipinski definition) is 7. The van der Waals surface area contributed by atoms with E-state index in [1.54, 1.807) is 25.1 Å². The molecule has 29 heavy (non-hydrogen) atoms. The van der Waals surface area contributed by atoms with E-state index in [-0.39, 0.29) is 11.9 Å². The van der Waals surface area contributed by atoms with E-state index < -0.39 is 0 Å². The first kappa shape index (κ1) is 20.4. The summed E-state index contributed by atoms with van der Waals surface area (Å²) in [4.78, 5) is 22.9. The van der Waals surface area contributed by atoms with E-state index >= 15 is 0 Å². The third kappa shape index (κ3) is 5.35. The highest BCUT2D eigenvalue weighted by atomic mass is 16.1. The highest BCUT2D eigenvalue weighted by Gasteiger charge is 2.24. The maximum Gasteiger partial charge on any atom is 0.229 e. The van der Waals surface area contributed by atoms with Crippen molar-refractivity contribution in [2.24, 2.45) is 0 Å². The predicted molar refractivity (Wildman–Crippen MR) is 114 cm³/mol. The van der Waals surface area contributed by atoms with Crippen molar-refractivity contribution >= 4 is 29.0 Å². The summed E-state index contributed by atoms with van der Waals surface area (Å²) in [5.74, 6) is 1.32. The smallest absolute Gasteiger partial charge is 0.229 e. The van der Waals surface area contributed by atoms with Crippen molar-refractivity contribution < 1.29 is 4.79 Å². The average Bonchev–Trinajstić information content (AvgIpc) is 3.15. The molecule has 1 aromatic carbocycles. The second-order valence-electron chi connectivity index (χ2n) is 7.32. The van der Waals surface area contributed by atoms with Gasteiger partial charge in [-0.3, -0.25) is 4.79 Å². The Balaban J connectivity index is 1.84. The minimum atomic E-state index is -0.0119. The lowest BCUT2D eigenvalue weighted by atomic mass is 10.2. The quantitative estimate of drug-likeness (QED) is 0.619. The molecular weight excluding hydrogens is 366 g/mol. The number of nitrogens with one attached hydrogen (secondary N) is 2. The van der Waals surface area contributed by atoms with E-state index in [2.05, 4.69) is 38.5 Å². The number of hydrogen-bond donors (Lipinski definition) is 3. The number of rotatable bonds is 7. The van der Waals surface area contributed by atoms with Gasteiger partial charge in [-0.25, -0.2) is 4.98 Å². The highest BCUT2D eigenvalue weighted by Crippen LogP contribution is 2.24. The number of amides is 1. The van der Waals surface area contributed by atoms with Gasteiger partial charge in [-0.2, -0.15) is 10.2 Å². The maximum absolute atomic E-state index is 11.4. The van der Waals surface area contributed by atoms with Crippen LogP contribution in [-0.4, -0.2) is 35.0 Å². The van der Waals surface area contributed by atoms with Gasteiger partial charge in [0.05, 0.1) is 5.56 Å². The number of nitriles is 1. The number of benzene rings is 1. The fourth-order valence-electron chi connectivity index (χ4n) is 3.42. The van der Waals surface area contributed by atoms with Gasteiger partial charge in [0.1, 0.15) is 11.9 Å². The lowest BCUT2D eigenvalue weighted by Gasteiger charge is -2.19. The topological polar surface area (TPSA) is 120 Å². The molecule has 0 bridgehead atoms. The molecule has 1 aliphatic heterocycles. The summed E-state index contributed by atoms with van der Waals surface area (Å²) in [6, 6.07) is 9.45. The second-order valence-corrected chi connectivity index (χ2v) is 7.32. The zero-order valence-corrected chi connectivity index (χ0v) is 16.9. The fourth-order valence-corrected chi connectivity index (χ4v) is 3.42. The van der Waals surface area contributed by atoms with Crippen LogP contribution in [0.5, 0.6) is 0 Å². The van der Waals surface area contributed by atoms with E-state index in [1.165, 1.54) is 0 Å². The fraction of sp³-hybridized carbons (Fsp3) is 0.429. The molecule has 1 atom stereocenters. The Morgan fingerprint density at radius 2 is 2.21 bits per heavy atom. The van der Waals surface area contributed by atoms with Crippen LogP contribution >= 0.6 is 0 Å². The van der Waals surface area contributed by atoms with Crippen LogP contribution in [0.3, 0.4) is 0 Å². The number of aromatic nitrogens is 2. The van der Waals surface area contributed by atoms with Gasteiger partial charge in [-0.1, -0.05) is 13.3 Å². The van der Waals surface area contributed by atoms with Gasteiger partial charge >= 0.3 is 0 Å². The van der Waals surface area contributed by atoms with Gasteiger partial charge in [0.2, 0.25) is 11.9 Å². The predicted octanol–water partition coefficient (Wildman–Crippen LogP) is 2.73. The summed E-state index contributed by atoms with van der Waals surface area (Å²) < 4.78 is 0. The largest absolute Gasteiger partial charge is 0.398 e. The van der Waals surface area contributed by atoms with E-state index in [1.807, 2.05) is 6.07 Å². The first-order valence-corrected chi connectivity index (χ1v) is 9.95. The van der Waals surface area contributed by atoms with Crippen molar-refractivity contribution in [2.45, 2.75) is 45.6 Å². The summed E-state index contributed by atoms with van der Waals surface area (Å²) >= 11 is 0. The lowest BCUT2D eigenvalue weighted by molar-refractivity contribution is -0.119. The van der Waals surface area contributed by atoms with Crippen molar-refractivity contribution in [1.82, 2.24) is 15.3 Å². The van der Waals surface area contributed by atoms with Crippen LogP contribution in [0.1, 0.15) is 44.4 Å². The van der Waals surface area contributed by atoms with E-state index in [0.717, 1.165) is 50.3 Å². The monoisotopic (exact) mass is 393 g/mol. The SMILES string of the molecule is CCCCc1cc(N2CC[C@H](NC(C)=O)C2)nc(Nc2ccc(N)c(C#N)c2)n1. The van der Waals surface area contributed by atoms with Crippen molar-refractivity contribution in [2.75, 3.05) is 29.0 Å². The number of nitrogen functional groups attached to an aromatic ring is 1. The molecule has 2 aromatic rings. The Hall–Kier alpha value is -3.34. The van der Waals surface area contributed by atoms with Gasteiger partial charge in [0.15, 0.2) is 0 Å². The minimum Gasteiger partial charge on any atom is -0.398 e. The molecule has 8 heteroatoms. The standard InChI is InChI=1S/C21H27N7O/c1-3-4-5-16-11-20(28-9-8-18(13-28)24-14(2)29)27-21(25-16)26-17-6-7-19(23)15(10-17)12-22/h6-7,10-11,18H,3-5,8-9,13,23H2,1-2H3,(H,24,29)(H,25,26,27)/t18-/m0/s1. The Bertz CT molecular complexity index is 922. The van der Waals surface area contributed by atoms with Crippen LogP contribution in [0.15, 0.2) is 24.3 Å². The molecule has 0 radical (unpaired) electrons. The highest BCUT2D eigenvalue weighted by molar-refractivity contribution is 5.73. The first-order valence-electron chi connectivity index (χ1n) is 9.95. The van der Waals surface area contributed by atoms with Crippen molar-refractivity contribution in [1.29, 1.82) is 5.26 Å². The molecule has 0 spiro atoms. The molecule has 1 fully saturated rings. The molecule has 1 saturated heterocycles. The number of aryl methyl sites for hydroxylation is 1. The zero-order valence-electron chi connectivity index (χ0n) is 16.9. The summed E-state index contributed by atoms with van der Waals surface area (Å²) in [6.45, 7) is 5.25. The molecule has 0 unspecified atom stereocenters. The normalized spacial score (nSPS) is 15.8. The molecule has 152 valence electrons.